The first-order chi connectivity index (χ1) is 8.72. The highest BCUT2D eigenvalue weighted by Gasteiger charge is 2.35. The molecular formula is C12H16ClN3OS. The van der Waals surface area contributed by atoms with Crippen LogP contribution in [0.15, 0.2) is 4.90 Å². The van der Waals surface area contributed by atoms with Gasteiger partial charge in [0.25, 0.3) is 0 Å². The molecule has 0 saturated heterocycles. The zero-order valence-electron chi connectivity index (χ0n) is 10.1. The Morgan fingerprint density at radius 3 is 2.83 bits per heavy atom. The summed E-state index contributed by atoms with van der Waals surface area (Å²) >= 11 is 7.74. The summed E-state index contributed by atoms with van der Waals surface area (Å²) in [5, 5.41) is 13.4. The zero-order valence-corrected chi connectivity index (χ0v) is 11.7. The molecule has 2 N–H and O–H groups in total. The van der Waals surface area contributed by atoms with Gasteiger partial charge in [0.05, 0.1) is 22.7 Å². The summed E-state index contributed by atoms with van der Waals surface area (Å²) in [5.41, 5.74) is 0.822. The normalized spacial score (nSPS) is 21.0. The lowest BCUT2D eigenvalue weighted by Gasteiger charge is -2.29. The number of nitrogens with zero attached hydrogens (tertiary/aromatic N) is 2. The van der Waals surface area contributed by atoms with Crippen molar-refractivity contribution >= 4 is 29.2 Å². The van der Waals surface area contributed by atoms with E-state index in [1.807, 2.05) is 0 Å². The molecule has 1 fully saturated rings. The van der Waals surface area contributed by atoms with Gasteiger partial charge in [-0.05, 0) is 24.4 Å². The van der Waals surface area contributed by atoms with Crippen LogP contribution in [0.4, 0.5) is 5.82 Å². The van der Waals surface area contributed by atoms with Gasteiger partial charge in [-0.25, -0.2) is 4.98 Å². The second-order valence-corrected chi connectivity index (χ2v) is 6.43. The Bertz CT molecular complexity index is 463. The highest BCUT2D eigenvalue weighted by atomic mass is 35.5. The standard InChI is InChI=1S/C12H16ClN3OS/c13-11-14-8-3-6-18-9(8)10(15-11)16-12(7-17)4-1-2-5-12/h17H,1-7H2,(H,14,15,16). The molecule has 0 unspecified atom stereocenters. The first-order valence-corrected chi connectivity index (χ1v) is 7.67. The molecule has 3 rings (SSSR count). The number of hydrogen-bond donors (Lipinski definition) is 2. The molecule has 0 spiro atoms. The molecule has 1 aromatic rings. The minimum absolute atomic E-state index is 0.147. The maximum Gasteiger partial charge on any atom is 0.224 e. The third-order valence-corrected chi connectivity index (χ3v) is 5.04. The molecule has 1 aliphatic carbocycles. The fourth-order valence-electron chi connectivity index (χ4n) is 2.75. The number of nitrogens with one attached hydrogen (secondary N) is 1. The maximum absolute atomic E-state index is 9.65. The van der Waals surface area contributed by atoms with Gasteiger partial charge in [-0.2, -0.15) is 4.98 Å². The van der Waals surface area contributed by atoms with E-state index in [1.165, 1.54) is 0 Å². The minimum atomic E-state index is -0.214. The SMILES string of the molecule is OCC1(Nc2nc(Cl)nc3c2SCC3)CCCC1. The largest absolute Gasteiger partial charge is 0.394 e. The summed E-state index contributed by atoms with van der Waals surface area (Å²) in [6.45, 7) is 0.147. The van der Waals surface area contributed by atoms with Crippen LogP contribution in [-0.4, -0.2) is 33.0 Å². The number of fused-ring (bicyclic) bond motifs is 1. The molecule has 6 heteroatoms. The second-order valence-electron chi connectivity index (χ2n) is 4.99. The van der Waals surface area contributed by atoms with Crippen LogP contribution in [0, 0.1) is 0 Å². The van der Waals surface area contributed by atoms with Gasteiger partial charge in [-0.1, -0.05) is 12.8 Å². The van der Waals surface area contributed by atoms with E-state index in [-0.39, 0.29) is 12.1 Å². The predicted octanol–water partition coefficient (Wildman–Crippen LogP) is 2.50. The molecule has 0 aromatic carbocycles. The van der Waals surface area contributed by atoms with Gasteiger partial charge in [0.1, 0.15) is 5.82 Å². The summed E-state index contributed by atoms with van der Waals surface area (Å²) in [4.78, 5) is 9.69. The third kappa shape index (κ3) is 2.19. The molecule has 98 valence electrons. The van der Waals surface area contributed by atoms with Crippen molar-refractivity contribution in [3.63, 3.8) is 0 Å². The molecule has 0 radical (unpaired) electrons. The number of anilines is 1. The molecule has 2 heterocycles. The lowest BCUT2D eigenvalue weighted by molar-refractivity contribution is 0.213. The minimum Gasteiger partial charge on any atom is -0.394 e. The maximum atomic E-state index is 9.65. The number of thioether (sulfide) groups is 1. The van der Waals surface area contributed by atoms with E-state index in [2.05, 4.69) is 15.3 Å². The fourth-order valence-corrected chi connectivity index (χ4v) is 3.98. The van der Waals surface area contributed by atoms with Crippen molar-refractivity contribution < 1.29 is 5.11 Å². The number of hydrogen-bond acceptors (Lipinski definition) is 5. The monoisotopic (exact) mass is 285 g/mol. The van der Waals surface area contributed by atoms with E-state index in [0.717, 1.165) is 54.3 Å². The van der Waals surface area contributed by atoms with Crippen LogP contribution in [-0.2, 0) is 6.42 Å². The van der Waals surface area contributed by atoms with Crippen molar-refractivity contribution in [3.8, 4) is 0 Å². The van der Waals surface area contributed by atoms with Gasteiger partial charge < -0.3 is 10.4 Å². The van der Waals surface area contributed by atoms with Gasteiger partial charge in [0.15, 0.2) is 0 Å². The van der Waals surface area contributed by atoms with Crippen molar-refractivity contribution in [1.82, 2.24) is 9.97 Å². The smallest absolute Gasteiger partial charge is 0.224 e. The summed E-state index contributed by atoms with van der Waals surface area (Å²) in [6, 6.07) is 0. The molecule has 18 heavy (non-hydrogen) atoms. The van der Waals surface area contributed by atoms with Crippen LogP contribution in [0.3, 0.4) is 0 Å². The van der Waals surface area contributed by atoms with Gasteiger partial charge >= 0.3 is 0 Å². The molecule has 0 amide bonds. The van der Waals surface area contributed by atoms with Gasteiger partial charge in [0, 0.05) is 12.2 Å². The molecule has 4 nitrogen and oxygen atoms in total. The number of aromatic nitrogens is 2. The lowest BCUT2D eigenvalue weighted by Crippen LogP contribution is -2.39. The van der Waals surface area contributed by atoms with Crippen LogP contribution >= 0.6 is 23.4 Å². The molecule has 0 bridgehead atoms. The Labute approximate surface area is 116 Å². The Morgan fingerprint density at radius 2 is 2.11 bits per heavy atom. The summed E-state index contributed by atoms with van der Waals surface area (Å²) in [5.74, 6) is 1.84. The van der Waals surface area contributed by atoms with Crippen LogP contribution in [0.5, 0.6) is 0 Å². The quantitative estimate of drug-likeness (QED) is 0.836. The number of halogens is 1. The lowest BCUT2D eigenvalue weighted by atomic mass is 9.99. The van der Waals surface area contributed by atoms with Gasteiger partial charge in [-0.15, -0.1) is 11.8 Å². The van der Waals surface area contributed by atoms with E-state index in [1.54, 1.807) is 11.8 Å². The molecule has 1 aliphatic heterocycles. The van der Waals surface area contributed by atoms with E-state index in [0.29, 0.717) is 5.28 Å². The number of aliphatic hydroxyl groups is 1. The van der Waals surface area contributed by atoms with Gasteiger partial charge in [0.2, 0.25) is 5.28 Å². The van der Waals surface area contributed by atoms with Crippen molar-refractivity contribution in [2.75, 3.05) is 17.7 Å². The Kier molecular flexibility index (Phi) is 3.38. The second kappa shape index (κ2) is 4.87. The first-order valence-electron chi connectivity index (χ1n) is 6.31. The van der Waals surface area contributed by atoms with Crippen LogP contribution in [0.1, 0.15) is 31.4 Å². The topological polar surface area (TPSA) is 58.0 Å². The number of aryl methyl sites for hydroxylation is 1. The highest BCUT2D eigenvalue weighted by molar-refractivity contribution is 7.99. The molecule has 2 aliphatic rings. The molecule has 1 saturated carbocycles. The average molecular weight is 286 g/mol. The van der Waals surface area contributed by atoms with E-state index < -0.39 is 0 Å². The number of rotatable bonds is 3. The third-order valence-electron chi connectivity index (χ3n) is 3.74. The zero-order chi connectivity index (χ0) is 12.6. The summed E-state index contributed by atoms with van der Waals surface area (Å²) in [6.07, 6.45) is 5.24. The first kappa shape index (κ1) is 12.5. The van der Waals surface area contributed by atoms with E-state index in [4.69, 9.17) is 11.6 Å². The molecule has 1 aromatic heterocycles. The van der Waals surface area contributed by atoms with E-state index in [9.17, 15) is 5.11 Å². The summed E-state index contributed by atoms with van der Waals surface area (Å²) < 4.78 is 0. The van der Waals surface area contributed by atoms with Crippen LogP contribution < -0.4 is 5.32 Å². The molecular weight excluding hydrogens is 270 g/mol. The Balaban J connectivity index is 1.92. The van der Waals surface area contributed by atoms with Gasteiger partial charge in [-0.3, -0.25) is 0 Å². The highest BCUT2D eigenvalue weighted by Crippen LogP contribution is 2.39. The van der Waals surface area contributed by atoms with Crippen molar-refractivity contribution in [2.24, 2.45) is 0 Å². The van der Waals surface area contributed by atoms with Crippen molar-refractivity contribution in [3.05, 3.63) is 11.0 Å². The summed E-state index contributed by atoms with van der Waals surface area (Å²) in [7, 11) is 0. The Morgan fingerprint density at radius 1 is 1.33 bits per heavy atom. The van der Waals surface area contributed by atoms with Crippen LogP contribution in [0.2, 0.25) is 5.28 Å². The van der Waals surface area contributed by atoms with Crippen molar-refractivity contribution in [2.45, 2.75) is 42.5 Å². The van der Waals surface area contributed by atoms with Crippen LogP contribution in [0.25, 0.3) is 0 Å². The fraction of sp³-hybridized carbons (Fsp3) is 0.667. The molecule has 0 atom stereocenters. The Hall–Kier alpha value is -0.520. The van der Waals surface area contributed by atoms with E-state index >= 15 is 0 Å². The predicted molar refractivity (Wildman–Crippen MR) is 73.4 cm³/mol. The number of aliphatic hydroxyl groups excluding tert-OH is 1. The van der Waals surface area contributed by atoms with Crippen molar-refractivity contribution in [1.29, 1.82) is 0 Å². The average Bonchev–Trinajstić information content (AvgIpc) is 2.98.